The van der Waals surface area contributed by atoms with Crippen molar-refractivity contribution in [2.24, 2.45) is 0 Å². The molecule has 3 rings (SSSR count). The van der Waals surface area contributed by atoms with Crippen LogP contribution in [0.1, 0.15) is 20.8 Å². The summed E-state index contributed by atoms with van der Waals surface area (Å²) in [6, 6.07) is 14.7. The highest BCUT2D eigenvalue weighted by Gasteiger charge is 2.18. The van der Waals surface area contributed by atoms with Crippen molar-refractivity contribution in [3.8, 4) is 0 Å². The second-order valence-corrected chi connectivity index (χ2v) is 6.50. The maximum atomic E-state index is 12.5. The van der Waals surface area contributed by atoms with E-state index in [1.54, 1.807) is 24.3 Å². The summed E-state index contributed by atoms with van der Waals surface area (Å²) >= 11 is 7.16. The second-order valence-electron chi connectivity index (χ2n) is 5.06. The highest BCUT2D eigenvalue weighted by Crippen LogP contribution is 2.30. The van der Waals surface area contributed by atoms with Crippen LogP contribution in [0, 0.1) is 6.92 Å². The molecule has 1 heterocycles. The number of hydrogen-bond acceptors (Lipinski definition) is 5. The lowest BCUT2D eigenvalue weighted by Gasteiger charge is -2.02. The molecule has 3 N–H and O–H groups in total. The molecule has 0 saturated carbocycles. The van der Waals surface area contributed by atoms with E-state index in [4.69, 9.17) is 17.3 Å². The zero-order chi connectivity index (χ0) is 16.4. The minimum Gasteiger partial charge on any atom is -0.382 e. The number of nitrogens with two attached hydrogens (primary N) is 1. The summed E-state index contributed by atoms with van der Waals surface area (Å²) in [5, 5.41) is 4.25. The molecule has 0 amide bonds. The number of halogens is 1. The number of nitrogens with one attached hydrogen (secondary N) is 1. The van der Waals surface area contributed by atoms with Gasteiger partial charge in [-0.25, -0.2) is 4.98 Å². The molecule has 0 unspecified atom stereocenters. The summed E-state index contributed by atoms with van der Waals surface area (Å²) in [5.74, 6) is 0.0362. The van der Waals surface area contributed by atoms with E-state index < -0.39 is 0 Å². The number of ketones is 1. The van der Waals surface area contributed by atoms with Gasteiger partial charge in [0.15, 0.2) is 5.13 Å². The monoisotopic (exact) mass is 343 g/mol. The third kappa shape index (κ3) is 3.52. The Hall–Kier alpha value is -2.37. The summed E-state index contributed by atoms with van der Waals surface area (Å²) in [6.45, 7) is 2.02. The Kier molecular flexibility index (Phi) is 4.32. The summed E-state index contributed by atoms with van der Waals surface area (Å²) in [7, 11) is 0. The molecule has 23 heavy (non-hydrogen) atoms. The van der Waals surface area contributed by atoms with Gasteiger partial charge in [0.05, 0.1) is 0 Å². The predicted octanol–water partition coefficient (Wildman–Crippen LogP) is 4.66. The van der Waals surface area contributed by atoms with Gasteiger partial charge in [-0.3, -0.25) is 4.79 Å². The van der Waals surface area contributed by atoms with Gasteiger partial charge in [0.25, 0.3) is 0 Å². The summed E-state index contributed by atoms with van der Waals surface area (Å²) in [4.78, 5) is 17.2. The molecule has 6 heteroatoms. The van der Waals surface area contributed by atoms with Crippen LogP contribution in [-0.4, -0.2) is 10.8 Å². The Morgan fingerprint density at radius 1 is 1.22 bits per heavy atom. The normalized spacial score (nSPS) is 10.5. The first kappa shape index (κ1) is 15.5. The van der Waals surface area contributed by atoms with E-state index >= 15 is 0 Å². The van der Waals surface area contributed by atoms with Gasteiger partial charge >= 0.3 is 0 Å². The van der Waals surface area contributed by atoms with Crippen molar-refractivity contribution in [2.75, 3.05) is 11.1 Å². The van der Waals surface area contributed by atoms with Crippen molar-refractivity contribution >= 4 is 45.4 Å². The average Bonchev–Trinajstić information content (AvgIpc) is 2.89. The molecular weight excluding hydrogens is 330 g/mol. The Morgan fingerprint density at radius 3 is 2.65 bits per heavy atom. The zero-order valence-electron chi connectivity index (χ0n) is 12.3. The van der Waals surface area contributed by atoms with Crippen LogP contribution in [-0.2, 0) is 0 Å². The number of nitrogen functional groups attached to an aromatic ring is 1. The maximum absolute atomic E-state index is 12.5. The third-order valence-electron chi connectivity index (χ3n) is 3.25. The number of hydrogen-bond donors (Lipinski definition) is 2. The Morgan fingerprint density at radius 2 is 1.96 bits per heavy atom. The first-order valence-electron chi connectivity index (χ1n) is 6.93. The van der Waals surface area contributed by atoms with Crippen LogP contribution in [0.15, 0.2) is 48.5 Å². The largest absolute Gasteiger partial charge is 0.382 e. The third-order valence-corrected chi connectivity index (χ3v) is 4.47. The molecule has 0 aliphatic heterocycles. The molecule has 0 aliphatic rings. The first-order valence-corrected chi connectivity index (χ1v) is 8.12. The van der Waals surface area contributed by atoms with Gasteiger partial charge in [-0.05, 0) is 31.2 Å². The van der Waals surface area contributed by atoms with Gasteiger partial charge in [0.1, 0.15) is 10.7 Å². The molecule has 4 nitrogen and oxygen atoms in total. The standard InChI is InChI=1S/C17H14ClN3OS/c1-10-5-7-13(8-6-10)20-17-21-16(19)15(23-17)14(22)11-3-2-4-12(18)9-11/h2-9H,19H2,1H3,(H,20,21). The lowest BCUT2D eigenvalue weighted by molar-refractivity contribution is 0.104. The fourth-order valence-electron chi connectivity index (χ4n) is 2.07. The number of benzene rings is 2. The molecule has 0 spiro atoms. The van der Waals surface area contributed by atoms with Gasteiger partial charge in [0, 0.05) is 16.3 Å². The number of thiazole rings is 1. The fourth-order valence-corrected chi connectivity index (χ4v) is 3.13. The highest BCUT2D eigenvalue weighted by atomic mass is 35.5. The minimum absolute atomic E-state index is 0.181. The van der Waals surface area contributed by atoms with Crippen molar-refractivity contribution in [3.05, 3.63) is 69.6 Å². The Labute approximate surface area is 142 Å². The highest BCUT2D eigenvalue weighted by molar-refractivity contribution is 7.18. The molecular formula is C17H14ClN3OS. The number of aromatic nitrogens is 1. The molecule has 0 fully saturated rings. The molecule has 0 bridgehead atoms. The van der Waals surface area contributed by atoms with Crippen LogP contribution in [0.5, 0.6) is 0 Å². The molecule has 1 aromatic heterocycles. The van der Waals surface area contributed by atoms with Crippen LogP contribution >= 0.6 is 22.9 Å². The molecule has 2 aromatic carbocycles. The smallest absolute Gasteiger partial charge is 0.206 e. The maximum Gasteiger partial charge on any atom is 0.206 e. The predicted molar refractivity (Wildman–Crippen MR) is 95.9 cm³/mol. The average molecular weight is 344 g/mol. The topological polar surface area (TPSA) is 68.0 Å². The number of carbonyl (C=O) groups is 1. The van der Waals surface area contributed by atoms with Crippen molar-refractivity contribution in [2.45, 2.75) is 6.92 Å². The minimum atomic E-state index is -0.181. The molecule has 0 saturated heterocycles. The van der Waals surface area contributed by atoms with E-state index in [9.17, 15) is 4.79 Å². The van der Waals surface area contributed by atoms with E-state index in [-0.39, 0.29) is 11.6 Å². The van der Waals surface area contributed by atoms with Crippen LogP contribution in [0.2, 0.25) is 5.02 Å². The lowest BCUT2D eigenvalue weighted by Crippen LogP contribution is -2.02. The summed E-state index contributed by atoms with van der Waals surface area (Å²) in [6.07, 6.45) is 0. The lowest BCUT2D eigenvalue weighted by atomic mass is 10.1. The molecule has 0 radical (unpaired) electrons. The van der Waals surface area contributed by atoms with E-state index in [0.29, 0.717) is 20.6 Å². The Balaban J connectivity index is 1.86. The van der Waals surface area contributed by atoms with Crippen molar-refractivity contribution < 1.29 is 4.79 Å². The van der Waals surface area contributed by atoms with Gasteiger partial charge in [-0.1, -0.05) is 52.8 Å². The molecule has 0 aliphatic carbocycles. The van der Waals surface area contributed by atoms with Gasteiger partial charge in [0.2, 0.25) is 5.78 Å². The van der Waals surface area contributed by atoms with Gasteiger partial charge in [-0.15, -0.1) is 0 Å². The summed E-state index contributed by atoms with van der Waals surface area (Å²) < 4.78 is 0. The number of aryl methyl sites for hydroxylation is 1. The number of carbonyl (C=O) groups excluding carboxylic acids is 1. The number of nitrogens with zero attached hydrogens (tertiary/aromatic N) is 1. The first-order chi connectivity index (χ1) is 11.0. The quantitative estimate of drug-likeness (QED) is 0.676. The van der Waals surface area contributed by atoms with Crippen LogP contribution in [0.4, 0.5) is 16.6 Å². The van der Waals surface area contributed by atoms with Crippen molar-refractivity contribution in [1.29, 1.82) is 0 Å². The fraction of sp³-hybridized carbons (Fsp3) is 0.0588. The van der Waals surface area contributed by atoms with Crippen molar-refractivity contribution in [1.82, 2.24) is 4.98 Å². The second kappa shape index (κ2) is 6.40. The summed E-state index contributed by atoms with van der Waals surface area (Å²) in [5.41, 5.74) is 8.46. The Bertz CT molecular complexity index is 859. The number of rotatable bonds is 4. The molecule has 3 aromatic rings. The zero-order valence-corrected chi connectivity index (χ0v) is 13.9. The SMILES string of the molecule is Cc1ccc(Nc2nc(N)c(C(=O)c3cccc(Cl)c3)s2)cc1. The van der Waals surface area contributed by atoms with Crippen LogP contribution < -0.4 is 11.1 Å². The molecule has 116 valence electrons. The van der Waals surface area contributed by atoms with Crippen LogP contribution in [0.25, 0.3) is 0 Å². The van der Waals surface area contributed by atoms with E-state index in [1.807, 2.05) is 31.2 Å². The molecule has 0 atom stereocenters. The van der Waals surface area contributed by atoms with Gasteiger partial charge in [-0.2, -0.15) is 0 Å². The van der Waals surface area contributed by atoms with Gasteiger partial charge < -0.3 is 11.1 Å². The van der Waals surface area contributed by atoms with Crippen molar-refractivity contribution in [3.63, 3.8) is 0 Å². The van der Waals surface area contributed by atoms with Crippen LogP contribution in [0.3, 0.4) is 0 Å². The van der Waals surface area contributed by atoms with E-state index in [0.717, 1.165) is 5.69 Å². The number of anilines is 3. The van der Waals surface area contributed by atoms with E-state index in [2.05, 4.69) is 10.3 Å². The van der Waals surface area contributed by atoms with E-state index in [1.165, 1.54) is 16.9 Å².